The second-order valence-electron chi connectivity index (χ2n) is 11.9. The van der Waals surface area contributed by atoms with Gasteiger partial charge in [-0.15, -0.1) is 0 Å². The molecule has 2 amide bonds. The highest BCUT2D eigenvalue weighted by atomic mass is 16.7. The van der Waals surface area contributed by atoms with Crippen LogP contribution in [0.3, 0.4) is 0 Å². The molecule has 1 fully saturated rings. The molecule has 4 rings (SSSR count). The highest BCUT2D eigenvalue weighted by Crippen LogP contribution is 2.38. The summed E-state index contributed by atoms with van der Waals surface area (Å²) in [5, 5.41) is 3.28. The fourth-order valence-electron chi connectivity index (χ4n) is 4.35. The molecule has 0 spiro atoms. The summed E-state index contributed by atoms with van der Waals surface area (Å²) < 4.78 is 18.1. The van der Waals surface area contributed by atoms with Gasteiger partial charge in [-0.2, -0.15) is 0 Å². The Morgan fingerprint density at radius 2 is 1.81 bits per heavy atom. The van der Waals surface area contributed by atoms with E-state index in [9.17, 15) is 9.59 Å². The zero-order valence-electron chi connectivity index (χ0n) is 23.4. The zero-order valence-corrected chi connectivity index (χ0v) is 23.4. The number of benzene rings is 1. The number of nitrogens with one attached hydrogen (secondary N) is 1. The second kappa shape index (κ2) is 9.44. The molecule has 0 saturated carbocycles. The van der Waals surface area contributed by atoms with Crippen LogP contribution < -0.4 is 10.8 Å². The summed E-state index contributed by atoms with van der Waals surface area (Å²) in [6, 6.07) is 7.65. The molecule has 1 saturated heterocycles. The molecule has 0 bridgehead atoms. The van der Waals surface area contributed by atoms with Crippen molar-refractivity contribution < 1.29 is 23.6 Å². The van der Waals surface area contributed by atoms with Gasteiger partial charge in [-0.05, 0) is 89.5 Å². The topological polar surface area (TPSA) is 90.0 Å². The number of nitrogens with zero attached hydrogens (tertiary/aromatic N) is 2. The van der Waals surface area contributed by atoms with Crippen molar-refractivity contribution in [2.45, 2.75) is 98.0 Å². The third-order valence-corrected chi connectivity index (χ3v) is 7.48. The molecule has 1 atom stereocenters. The van der Waals surface area contributed by atoms with Crippen molar-refractivity contribution in [3.8, 4) is 0 Å². The fraction of sp³-hybridized carbons (Fsp3) is 0.536. The molecule has 8 nitrogen and oxygen atoms in total. The van der Waals surface area contributed by atoms with E-state index in [0.29, 0.717) is 28.6 Å². The van der Waals surface area contributed by atoms with Gasteiger partial charge < -0.3 is 19.4 Å². The van der Waals surface area contributed by atoms with E-state index >= 15 is 0 Å². The van der Waals surface area contributed by atoms with Gasteiger partial charge in [0.05, 0.1) is 29.0 Å². The summed E-state index contributed by atoms with van der Waals surface area (Å²) in [6.07, 6.45) is 2.19. The van der Waals surface area contributed by atoms with Crippen LogP contribution in [0.15, 0.2) is 30.5 Å². The average molecular weight is 507 g/mol. The second-order valence-corrected chi connectivity index (χ2v) is 11.9. The molecule has 3 heterocycles. The highest BCUT2D eigenvalue weighted by Gasteiger charge is 2.53. The van der Waals surface area contributed by atoms with Gasteiger partial charge >= 0.3 is 13.2 Å². The minimum atomic E-state index is -0.733. The molecular weight excluding hydrogens is 469 g/mol. The minimum Gasteiger partial charge on any atom is -0.443 e. The molecule has 2 aliphatic rings. The third-order valence-electron chi connectivity index (χ3n) is 7.48. The van der Waals surface area contributed by atoms with E-state index in [4.69, 9.17) is 14.0 Å². The summed E-state index contributed by atoms with van der Waals surface area (Å²) in [4.78, 5) is 32.3. The van der Waals surface area contributed by atoms with Crippen LogP contribution in [0.25, 0.3) is 0 Å². The first kappa shape index (κ1) is 27.1. The van der Waals surface area contributed by atoms with E-state index < -0.39 is 35.9 Å². The number of fused-ring (bicyclic) bond motifs is 1. The Hall–Kier alpha value is -2.91. The monoisotopic (exact) mass is 507 g/mol. The Balaban J connectivity index is 1.72. The first-order valence-corrected chi connectivity index (χ1v) is 12.9. The summed E-state index contributed by atoms with van der Waals surface area (Å²) >= 11 is 0. The summed E-state index contributed by atoms with van der Waals surface area (Å²) in [6.45, 7) is 17.6. The molecular formula is C28H38BN3O5. The van der Waals surface area contributed by atoms with Crippen molar-refractivity contribution in [3.05, 3.63) is 47.2 Å². The lowest BCUT2D eigenvalue weighted by Gasteiger charge is -2.32. The number of carbonyl (C=O) groups excluding carboxylic acids is 2. The van der Waals surface area contributed by atoms with E-state index in [2.05, 4.69) is 24.1 Å². The number of anilines is 2. The van der Waals surface area contributed by atoms with Crippen LogP contribution in [-0.4, -0.2) is 45.8 Å². The van der Waals surface area contributed by atoms with Crippen LogP contribution in [0.5, 0.6) is 0 Å². The van der Waals surface area contributed by atoms with Gasteiger partial charge in [-0.25, -0.2) is 14.7 Å². The molecule has 0 radical (unpaired) electrons. The molecule has 0 aliphatic carbocycles. The standard InChI is InChI=1S/C28H38BN3O5/c1-10-17(2)18-11-14-22(30-15-18)31-21-13-12-20(29-36-27(6,7)28(8,9)37-29)19-16-32(24(33)23(19)21)25(34)35-26(3,4)5/h11-15,17H,10,16H2,1-9H3,(H,30,31). The maximum atomic E-state index is 13.6. The number of hydrogen-bond acceptors (Lipinski definition) is 7. The number of imide groups is 1. The Morgan fingerprint density at radius 3 is 2.35 bits per heavy atom. The quantitative estimate of drug-likeness (QED) is 0.533. The largest absolute Gasteiger partial charge is 0.495 e. The summed E-state index contributed by atoms with van der Waals surface area (Å²) in [7, 11) is -0.674. The zero-order chi connectivity index (χ0) is 27.3. The smallest absolute Gasteiger partial charge is 0.443 e. The summed E-state index contributed by atoms with van der Waals surface area (Å²) in [5.74, 6) is 0.594. The van der Waals surface area contributed by atoms with Gasteiger partial charge in [-0.3, -0.25) is 4.79 Å². The lowest BCUT2D eigenvalue weighted by atomic mass is 9.74. The van der Waals surface area contributed by atoms with Gasteiger partial charge in [0.1, 0.15) is 11.4 Å². The molecule has 9 heteroatoms. The third kappa shape index (κ3) is 5.25. The van der Waals surface area contributed by atoms with Crippen LogP contribution in [-0.2, 0) is 20.6 Å². The van der Waals surface area contributed by atoms with Crippen molar-refractivity contribution in [2.75, 3.05) is 5.32 Å². The molecule has 2 aromatic rings. The lowest BCUT2D eigenvalue weighted by Crippen LogP contribution is -2.41. The van der Waals surface area contributed by atoms with Crippen molar-refractivity contribution in [1.29, 1.82) is 0 Å². The molecule has 1 aromatic heterocycles. The number of ether oxygens (including phenoxy) is 1. The van der Waals surface area contributed by atoms with E-state index in [1.54, 1.807) is 20.8 Å². The number of amides is 2. The average Bonchev–Trinajstić information content (AvgIpc) is 3.25. The van der Waals surface area contributed by atoms with E-state index in [1.165, 1.54) is 0 Å². The normalized spacial score (nSPS) is 19.1. The van der Waals surface area contributed by atoms with Crippen LogP contribution in [0.2, 0.25) is 0 Å². The molecule has 2 aliphatic heterocycles. The van der Waals surface area contributed by atoms with Gasteiger partial charge in [-0.1, -0.05) is 26.0 Å². The van der Waals surface area contributed by atoms with Crippen molar-refractivity contribution >= 4 is 36.1 Å². The SMILES string of the molecule is CCC(C)c1ccc(Nc2ccc(B3OC(C)(C)C(C)(C)O3)c3c2C(=O)N(C(=O)OC(C)(C)C)C3)nc1. The Labute approximate surface area is 220 Å². The number of aromatic nitrogens is 1. The minimum absolute atomic E-state index is 0.0678. The Bertz CT molecular complexity index is 1190. The Kier molecular flexibility index (Phi) is 6.92. The molecule has 1 aromatic carbocycles. The van der Waals surface area contributed by atoms with Crippen molar-refractivity contribution in [1.82, 2.24) is 9.88 Å². The van der Waals surface area contributed by atoms with Crippen molar-refractivity contribution in [2.24, 2.45) is 0 Å². The van der Waals surface area contributed by atoms with Crippen LogP contribution in [0, 0.1) is 0 Å². The first-order valence-electron chi connectivity index (χ1n) is 12.9. The maximum Gasteiger partial charge on any atom is 0.495 e. The van der Waals surface area contributed by atoms with Gasteiger partial charge in [0.15, 0.2) is 0 Å². The van der Waals surface area contributed by atoms with E-state index in [-0.39, 0.29) is 6.54 Å². The fourth-order valence-corrected chi connectivity index (χ4v) is 4.35. The first-order chi connectivity index (χ1) is 17.1. The van der Waals surface area contributed by atoms with Gasteiger partial charge in [0, 0.05) is 6.20 Å². The lowest BCUT2D eigenvalue weighted by molar-refractivity contribution is 0.00578. The summed E-state index contributed by atoms with van der Waals surface area (Å²) in [5.41, 5.74) is 1.69. The number of carbonyl (C=O) groups is 2. The van der Waals surface area contributed by atoms with Gasteiger partial charge in [0.2, 0.25) is 0 Å². The maximum absolute atomic E-state index is 13.6. The predicted molar refractivity (Wildman–Crippen MR) is 144 cm³/mol. The van der Waals surface area contributed by atoms with Crippen molar-refractivity contribution in [3.63, 3.8) is 0 Å². The number of rotatable bonds is 5. The molecule has 198 valence electrons. The van der Waals surface area contributed by atoms with Crippen LogP contribution >= 0.6 is 0 Å². The predicted octanol–water partition coefficient (Wildman–Crippen LogP) is 5.53. The number of hydrogen-bond donors (Lipinski definition) is 1. The van der Waals surface area contributed by atoms with Crippen LogP contribution in [0.4, 0.5) is 16.3 Å². The Morgan fingerprint density at radius 1 is 1.16 bits per heavy atom. The molecule has 1 N–H and O–H groups in total. The highest BCUT2D eigenvalue weighted by molar-refractivity contribution is 6.63. The van der Waals surface area contributed by atoms with Gasteiger partial charge in [0.25, 0.3) is 5.91 Å². The molecule has 1 unspecified atom stereocenters. The van der Waals surface area contributed by atoms with Crippen LogP contribution in [0.1, 0.15) is 96.1 Å². The molecule has 37 heavy (non-hydrogen) atoms. The number of pyridine rings is 1. The van der Waals surface area contributed by atoms with E-state index in [0.717, 1.165) is 22.3 Å². The van der Waals surface area contributed by atoms with E-state index in [1.807, 2.05) is 58.2 Å².